The maximum absolute atomic E-state index is 13.0. The molecule has 1 saturated carbocycles. The van der Waals surface area contributed by atoms with Crippen LogP contribution in [-0.2, 0) is 20.0 Å². The minimum Gasteiger partial charge on any atom is -0.370 e. The van der Waals surface area contributed by atoms with Crippen molar-refractivity contribution in [2.24, 2.45) is 0 Å². The molecule has 0 aromatic heterocycles. The molecule has 0 saturated heterocycles. The second kappa shape index (κ2) is 9.18. The molecule has 170 valence electrons. The molecule has 1 N–H and O–H groups in total. The van der Waals surface area contributed by atoms with Gasteiger partial charge in [-0.3, -0.25) is 4.72 Å². The van der Waals surface area contributed by atoms with E-state index in [4.69, 9.17) is 0 Å². The van der Waals surface area contributed by atoms with E-state index in [1.807, 2.05) is 26.1 Å². The molecule has 31 heavy (non-hydrogen) atoms. The zero-order valence-corrected chi connectivity index (χ0v) is 20.1. The van der Waals surface area contributed by atoms with E-state index in [1.54, 1.807) is 6.07 Å². The van der Waals surface area contributed by atoms with Crippen LogP contribution in [0.5, 0.6) is 0 Å². The Morgan fingerprint density at radius 1 is 0.839 bits per heavy atom. The number of nitrogens with one attached hydrogen (secondary N) is 1. The Bertz CT molecular complexity index is 1120. The van der Waals surface area contributed by atoms with Crippen LogP contribution in [0.3, 0.4) is 0 Å². The van der Waals surface area contributed by atoms with Crippen LogP contribution >= 0.6 is 0 Å². The molecule has 1 fully saturated rings. The Kier molecular flexibility index (Phi) is 6.98. The average molecular weight is 466 g/mol. The third-order valence-corrected chi connectivity index (χ3v) is 9.02. The Morgan fingerprint density at radius 3 is 2.00 bits per heavy atom. The lowest BCUT2D eigenvalue weighted by Gasteiger charge is -2.34. The van der Waals surface area contributed by atoms with E-state index < -0.39 is 20.0 Å². The fraction of sp³-hybridized carbons (Fsp3) is 0.455. The van der Waals surface area contributed by atoms with Crippen LogP contribution < -0.4 is 9.62 Å². The highest BCUT2D eigenvalue weighted by Crippen LogP contribution is 2.33. The zero-order valence-electron chi connectivity index (χ0n) is 18.5. The summed E-state index contributed by atoms with van der Waals surface area (Å²) in [4.78, 5) is 2.23. The molecule has 2 aromatic carbocycles. The van der Waals surface area contributed by atoms with Crippen molar-refractivity contribution < 1.29 is 16.8 Å². The van der Waals surface area contributed by atoms with Crippen LogP contribution in [-0.4, -0.2) is 48.3 Å². The van der Waals surface area contributed by atoms with Gasteiger partial charge >= 0.3 is 0 Å². The number of rotatable bonds is 7. The number of hydrogen-bond donors (Lipinski definition) is 1. The first-order valence-corrected chi connectivity index (χ1v) is 13.3. The SMILES string of the molecule is Cc1ccc(NS(=O)(=O)c2ccc(S(=O)(=O)N(C)C)cc2)c(N(C)C2CCCCC2)c1. The first-order valence-electron chi connectivity index (χ1n) is 10.4. The lowest BCUT2D eigenvalue weighted by Crippen LogP contribution is -2.34. The third-order valence-electron chi connectivity index (χ3n) is 5.81. The average Bonchev–Trinajstić information content (AvgIpc) is 2.75. The summed E-state index contributed by atoms with van der Waals surface area (Å²) >= 11 is 0. The number of nitrogens with zero attached hydrogens (tertiary/aromatic N) is 2. The molecule has 0 bridgehead atoms. The van der Waals surface area contributed by atoms with Crippen molar-refractivity contribution in [2.75, 3.05) is 30.8 Å². The molecule has 0 heterocycles. The molecule has 0 radical (unpaired) electrons. The molecule has 2 aromatic rings. The van der Waals surface area contributed by atoms with Gasteiger partial charge in [0.15, 0.2) is 0 Å². The molecule has 0 spiro atoms. The van der Waals surface area contributed by atoms with Gasteiger partial charge in [-0.15, -0.1) is 0 Å². The number of aryl methyl sites for hydroxylation is 1. The number of anilines is 2. The quantitative estimate of drug-likeness (QED) is 0.672. The fourth-order valence-corrected chi connectivity index (χ4v) is 5.87. The van der Waals surface area contributed by atoms with Crippen molar-refractivity contribution >= 4 is 31.4 Å². The van der Waals surface area contributed by atoms with Crippen LogP contribution in [0, 0.1) is 6.92 Å². The molecule has 0 atom stereocenters. The monoisotopic (exact) mass is 465 g/mol. The van der Waals surface area contributed by atoms with Gasteiger partial charge in [-0.2, -0.15) is 0 Å². The molecule has 7 nitrogen and oxygen atoms in total. The zero-order chi connectivity index (χ0) is 22.8. The van der Waals surface area contributed by atoms with Gasteiger partial charge in [0.1, 0.15) is 0 Å². The van der Waals surface area contributed by atoms with Crippen molar-refractivity contribution in [3.8, 4) is 0 Å². The molecular weight excluding hydrogens is 434 g/mol. The Morgan fingerprint density at radius 2 is 1.42 bits per heavy atom. The summed E-state index contributed by atoms with van der Waals surface area (Å²) in [7, 11) is -2.62. The van der Waals surface area contributed by atoms with Gasteiger partial charge in [0, 0.05) is 27.2 Å². The Balaban J connectivity index is 1.89. The van der Waals surface area contributed by atoms with Crippen LogP contribution in [0.4, 0.5) is 11.4 Å². The molecule has 1 aliphatic rings. The minimum atomic E-state index is -3.88. The van der Waals surface area contributed by atoms with Gasteiger partial charge in [0.2, 0.25) is 10.0 Å². The normalized spacial score (nSPS) is 15.8. The lowest BCUT2D eigenvalue weighted by molar-refractivity contribution is 0.428. The number of sulfonamides is 2. The van der Waals surface area contributed by atoms with Crippen molar-refractivity contribution in [3.05, 3.63) is 48.0 Å². The van der Waals surface area contributed by atoms with Gasteiger partial charge in [-0.1, -0.05) is 25.3 Å². The minimum absolute atomic E-state index is 0.0112. The van der Waals surface area contributed by atoms with Gasteiger partial charge in [-0.25, -0.2) is 21.1 Å². The molecular formula is C22H31N3O4S2. The van der Waals surface area contributed by atoms with Gasteiger partial charge < -0.3 is 4.90 Å². The van der Waals surface area contributed by atoms with Gasteiger partial charge in [-0.05, 0) is 61.7 Å². The third kappa shape index (κ3) is 5.22. The van der Waals surface area contributed by atoms with Crippen LogP contribution in [0.25, 0.3) is 0 Å². The van der Waals surface area contributed by atoms with Crippen molar-refractivity contribution in [1.29, 1.82) is 0 Å². The first-order chi connectivity index (χ1) is 14.5. The molecule has 1 aliphatic carbocycles. The summed E-state index contributed by atoms with van der Waals surface area (Å²) in [6.45, 7) is 1.99. The topological polar surface area (TPSA) is 86.8 Å². The van der Waals surface area contributed by atoms with Crippen LogP contribution in [0.1, 0.15) is 37.7 Å². The maximum atomic E-state index is 13.0. The highest BCUT2D eigenvalue weighted by atomic mass is 32.2. The molecule has 3 rings (SSSR count). The Labute approximate surface area is 186 Å². The summed E-state index contributed by atoms with van der Waals surface area (Å²) in [6.07, 6.45) is 5.81. The highest BCUT2D eigenvalue weighted by molar-refractivity contribution is 7.92. The van der Waals surface area contributed by atoms with E-state index >= 15 is 0 Å². The van der Waals surface area contributed by atoms with E-state index in [0.29, 0.717) is 11.7 Å². The lowest BCUT2D eigenvalue weighted by atomic mass is 9.94. The second-order valence-electron chi connectivity index (χ2n) is 8.29. The van der Waals surface area contributed by atoms with Crippen molar-refractivity contribution in [1.82, 2.24) is 4.31 Å². The summed E-state index contributed by atoms with van der Waals surface area (Å²) in [5.74, 6) is 0. The van der Waals surface area contributed by atoms with E-state index in [0.717, 1.165) is 28.4 Å². The van der Waals surface area contributed by atoms with Gasteiger partial charge in [0.25, 0.3) is 10.0 Å². The van der Waals surface area contributed by atoms with Crippen LogP contribution in [0.2, 0.25) is 0 Å². The number of hydrogen-bond acceptors (Lipinski definition) is 5. The molecule has 0 unspecified atom stereocenters. The molecule has 0 amide bonds. The molecule has 0 aliphatic heterocycles. The van der Waals surface area contributed by atoms with E-state index in [1.165, 1.54) is 57.6 Å². The van der Waals surface area contributed by atoms with Gasteiger partial charge in [0.05, 0.1) is 21.2 Å². The van der Waals surface area contributed by atoms with Crippen LogP contribution in [0.15, 0.2) is 52.3 Å². The molecule has 9 heteroatoms. The van der Waals surface area contributed by atoms with Crippen molar-refractivity contribution in [2.45, 2.75) is 54.9 Å². The summed E-state index contributed by atoms with van der Waals surface area (Å²) in [5, 5.41) is 0. The second-order valence-corrected chi connectivity index (χ2v) is 12.1. The summed E-state index contributed by atoms with van der Waals surface area (Å²) in [5.41, 5.74) is 2.42. The van der Waals surface area contributed by atoms with E-state index in [2.05, 4.69) is 9.62 Å². The fourth-order valence-electron chi connectivity index (χ4n) is 3.89. The largest absolute Gasteiger partial charge is 0.370 e. The standard InChI is InChI=1S/C22H31N3O4S2/c1-17-10-15-21(22(16-17)25(4)18-8-6-5-7-9-18)23-30(26,27)19-11-13-20(14-12-19)31(28,29)24(2)3/h10-16,18,23H,5-9H2,1-4H3. The Hall–Kier alpha value is -2.10. The van der Waals surface area contributed by atoms with Crippen molar-refractivity contribution in [3.63, 3.8) is 0 Å². The van der Waals surface area contributed by atoms with E-state index in [9.17, 15) is 16.8 Å². The summed E-state index contributed by atoms with van der Waals surface area (Å²) < 4.78 is 54.4. The summed E-state index contributed by atoms with van der Waals surface area (Å²) in [6, 6.07) is 11.3. The number of benzene rings is 2. The highest BCUT2D eigenvalue weighted by Gasteiger charge is 2.24. The smallest absolute Gasteiger partial charge is 0.261 e. The predicted octanol–water partition coefficient (Wildman–Crippen LogP) is 3.82. The first kappa shape index (κ1) is 23.6. The maximum Gasteiger partial charge on any atom is 0.261 e. The predicted molar refractivity (Wildman–Crippen MR) is 125 cm³/mol. The van der Waals surface area contributed by atoms with E-state index in [-0.39, 0.29) is 9.79 Å².